The van der Waals surface area contributed by atoms with Crippen molar-refractivity contribution < 1.29 is 4.79 Å². The summed E-state index contributed by atoms with van der Waals surface area (Å²) in [7, 11) is 1.81. The van der Waals surface area contributed by atoms with E-state index in [0.717, 1.165) is 11.3 Å². The minimum atomic E-state index is 0.115. The Hall–Kier alpha value is -1.61. The molecule has 0 N–H and O–H groups in total. The van der Waals surface area contributed by atoms with E-state index >= 15 is 0 Å². The quantitative estimate of drug-likeness (QED) is 0.795. The molecular formula is C13H13NOS. The summed E-state index contributed by atoms with van der Waals surface area (Å²) in [5.74, 6) is 0.115. The predicted octanol–water partition coefficient (Wildman–Crippen LogP) is 2.95. The van der Waals surface area contributed by atoms with Crippen molar-refractivity contribution in [3.8, 4) is 0 Å². The van der Waals surface area contributed by atoms with Gasteiger partial charge < -0.3 is 4.90 Å². The molecule has 1 amide bonds. The van der Waals surface area contributed by atoms with Gasteiger partial charge in [0.1, 0.15) is 0 Å². The van der Waals surface area contributed by atoms with E-state index in [2.05, 4.69) is 0 Å². The molecule has 2 aromatic rings. The average Bonchev–Trinajstić information content (AvgIpc) is 2.83. The van der Waals surface area contributed by atoms with Crippen molar-refractivity contribution in [3.05, 3.63) is 52.7 Å². The van der Waals surface area contributed by atoms with E-state index in [-0.39, 0.29) is 5.91 Å². The Morgan fingerprint density at radius 3 is 2.62 bits per heavy atom. The van der Waals surface area contributed by atoms with E-state index < -0.39 is 0 Å². The molecule has 0 fully saturated rings. The molecule has 0 radical (unpaired) electrons. The van der Waals surface area contributed by atoms with Crippen LogP contribution >= 0.6 is 11.3 Å². The molecule has 0 aliphatic heterocycles. The summed E-state index contributed by atoms with van der Waals surface area (Å²) in [6, 6.07) is 11.8. The van der Waals surface area contributed by atoms with Crippen molar-refractivity contribution in [1.82, 2.24) is 0 Å². The number of amides is 1. The van der Waals surface area contributed by atoms with Gasteiger partial charge in [0.2, 0.25) is 5.91 Å². The third-order valence-corrected chi connectivity index (χ3v) is 3.14. The van der Waals surface area contributed by atoms with Crippen molar-refractivity contribution in [2.45, 2.75) is 6.42 Å². The highest BCUT2D eigenvalue weighted by molar-refractivity contribution is 7.08. The van der Waals surface area contributed by atoms with Crippen molar-refractivity contribution >= 4 is 22.9 Å². The van der Waals surface area contributed by atoms with Crippen LogP contribution in [0.3, 0.4) is 0 Å². The molecule has 3 heteroatoms. The van der Waals surface area contributed by atoms with Crippen LogP contribution in [0.1, 0.15) is 5.56 Å². The van der Waals surface area contributed by atoms with Gasteiger partial charge in [-0.05, 0) is 17.0 Å². The average molecular weight is 231 g/mol. The van der Waals surface area contributed by atoms with E-state index in [1.165, 1.54) is 0 Å². The van der Waals surface area contributed by atoms with Crippen molar-refractivity contribution in [2.24, 2.45) is 0 Å². The number of carbonyl (C=O) groups is 1. The van der Waals surface area contributed by atoms with Crippen LogP contribution in [0.25, 0.3) is 0 Å². The summed E-state index contributed by atoms with van der Waals surface area (Å²) in [4.78, 5) is 13.6. The Bertz CT molecular complexity index is 450. The van der Waals surface area contributed by atoms with Crippen molar-refractivity contribution in [2.75, 3.05) is 11.9 Å². The molecular weight excluding hydrogens is 218 g/mol. The first-order chi connectivity index (χ1) is 7.77. The van der Waals surface area contributed by atoms with Crippen molar-refractivity contribution in [1.29, 1.82) is 0 Å². The van der Waals surface area contributed by atoms with Gasteiger partial charge in [0.05, 0.1) is 12.1 Å². The number of hydrogen-bond acceptors (Lipinski definition) is 2. The van der Waals surface area contributed by atoms with Crippen molar-refractivity contribution in [3.63, 3.8) is 0 Å². The maximum atomic E-state index is 11.9. The summed E-state index contributed by atoms with van der Waals surface area (Å²) >= 11 is 1.60. The lowest BCUT2D eigenvalue weighted by Crippen LogP contribution is -2.27. The number of rotatable bonds is 3. The minimum Gasteiger partial charge on any atom is -0.314 e. The molecule has 16 heavy (non-hydrogen) atoms. The number of carbonyl (C=O) groups excluding carboxylic acids is 1. The molecule has 2 nitrogen and oxygen atoms in total. The highest BCUT2D eigenvalue weighted by Gasteiger charge is 2.11. The van der Waals surface area contributed by atoms with E-state index in [1.54, 1.807) is 16.2 Å². The zero-order chi connectivity index (χ0) is 11.4. The molecule has 0 saturated carbocycles. The first-order valence-corrected chi connectivity index (χ1v) is 6.04. The SMILES string of the molecule is CN(C(=O)Cc1ccccc1)c1ccsc1. The molecule has 82 valence electrons. The largest absolute Gasteiger partial charge is 0.314 e. The Balaban J connectivity index is 2.04. The zero-order valence-electron chi connectivity index (χ0n) is 9.09. The summed E-state index contributed by atoms with van der Waals surface area (Å²) < 4.78 is 0. The molecule has 1 aromatic heterocycles. The van der Waals surface area contributed by atoms with Crippen LogP contribution in [0.5, 0.6) is 0 Å². The topological polar surface area (TPSA) is 20.3 Å². The number of benzene rings is 1. The van der Waals surface area contributed by atoms with Crippen LogP contribution in [0.15, 0.2) is 47.2 Å². The first kappa shape index (κ1) is 10.9. The maximum Gasteiger partial charge on any atom is 0.231 e. The molecule has 1 heterocycles. The number of nitrogens with zero attached hydrogens (tertiary/aromatic N) is 1. The van der Waals surface area contributed by atoms with Crippen LogP contribution in [-0.2, 0) is 11.2 Å². The second-order valence-corrected chi connectivity index (χ2v) is 4.38. The smallest absolute Gasteiger partial charge is 0.231 e. The monoisotopic (exact) mass is 231 g/mol. The third kappa shape index (κ3) is 2.49. The predicted molar refractivity (Wildman–Crippen MR) is 67.9 cm³/mol. The van der Waals surface area contributed by atoms with Gasteiger partial charge in [0, 0.05) is 12.4 Å². The fourth-order valence-corrected chi connectivity index (χ4v) is 2.15. The van der Waals surface area contributed by atoms with Gasteiger partial charge in [-0.25, -0.2) is 0 Å². The second kappa shape index (κ2) is 4.94. The van der Waals surface area contributed by atoms with Gasteiger partial charge in [0.15, 0.2) is 0 Å². The van der Waals surface area contributed by atoms with Crippen LogP contribution in [0, 0.1) is 0 Å². The Morgan fingerprint density at radius 2 is 2.00 bits per heavy atom. The van der Waals surface area contributed by atoms with Gasteiger partial charge in [0.25, 0.3) is 0 Å². The maximum absolute atomic E-state index is 11.9. The molecule has 1 aromatic carbocycles. The molecule has 0 atom stereocenters. The van der Waals surface area contributed by atoms with E-state index in [4.69, 9.17) is 0 Å². The molecule has 0 aliphatic rings. The number of likely N-dealkylation sites (N-methyl/N-ethyl adjacent to an activating group) is 1. The lowest BCUT2D eigenvalue weighted by atomic mass is 10.1. The normalized spacial score (nSPS) is 10.1. The summed E-state index contributed by atoms with van der Waals surface area (Å²) in [6.07, 6.45) is 0.452. The zero-order valence-corrected chi connectivity index (χ0v) is 9.91. The van der Waals surface area contributed by atoms with E-state index in [1.807, 2.05) is 54.2 Å². The number of hydrogen-bond donors (Lipinski definition) is 0. The molecule has 0 aliphatic carbocycles. The van der Waals surface area contributed by atoms with Gasteiger partial charge in [-0.1, -0.05) is 30.3 Å². The summed E-state index contributed by atoms with van der Waals surface area (Å²) in [5.41, 5.74) is 2.01. The number of anilines is 1. The van der Waals surface area contributed by atoms with Gasteiger partial charge in [-0.2, -0.15) is 11.3 Å². The second-order valence-electron chi connectivity index (χ2n) is 3.60. The molecule has 2 rings (SSSR count). The summed E-state index contributed by atoms with van der Waals surface area (Å²) in [5, 5.41) is 3.95. The number of thiophene rings is 1. The third-order valence-electron chi connectivity index (χ3n) is 2.47. The minimum absolute atomic E-state index is 0.115. The lowest BCUT2D eigenvalue weighted by molar-refractivity contribution is -0.117. The highest BCUT2D eigenvalue weighted by atomic mass is 32.1. The van der Waals surface area contributed by atoms with E-state index in [9.17, 15) is 4.79 Å². The van der Waals surface area contributed by atoms with Gasteiger partial charge in [-0.3, -0.25) is 4.79 Å². The molecule has 0 saturated heterocycles. The Kier molecular flexibility index (Phi) is 3.37. The van der Waals surface area contributed by atoms with Crippen LogP contribution in [0.2, 0.25) is 0 Å². The fourth-order valence-electron chi connectivity index (χ4n) is 1.48. The van der Waals surface area contributed by atoms with Crippen LogP contribution in [0.4, 0.5) is 5.69 Å². The molecule has 0 unspecified atom stereocenters. The van der Waals surface area contributed by atoms with Crippen LogP contribution < -0.4 is 4.90 Å². The summed E-state index contributed by atoms with van der Waals surface area (Å²) in [6.45, 7) is 0. The Labute approximate surface area is 99.1 Å². The molecule has 0 bridgehead atoms. The Morgan fingerprint density at radius 1 is 1.25 bits per heavy atom. The van der Waals surface area contributed by atoms with Gasteiger partial charge >= 0.3 is 0 Å². The lowest BCUT2D eigenvalue weighted by Gasteiger charge is -2.15. The molecule has 0 spiro atoms. The standard InChI is InChI=1S/C13H13NOS/c1-14(12-7-8-16-10-12)13(15)9-11-5-3-2-4-6-11/h2-8,10H,9H2,1H3. The first-order valence-electron chi connectivity index (χ1n) is 5.10. The highest BCUT2D eigenvalue weighted by Crippen LogP contribution is 2.17. The van der Waals surface area contributed by atoms with E-state index in [0.29, 0.717) is 6.42 Å². The van der Waals surface area contributed by atoms with Crippen LogP contribution in [-0.4, -0.2) is 13.0 Å². The van der Waals surface area contributed by atoms with Gasteiger partial charge in [-0.15, -0.1) is 0 Å². The fraction of sp³-hybridized carbons (Fsp3) is 0.154.